The first-order valence-electron chi connectivity index (χ1n) is 5.83. The Bertz CT molecular complexity index is 629. The van der Waals surface area contributed by atoms with Gasteiger partial charge in [-0.25, -0.2) is 0 Å². The van der Waals surface area contributed by atoms with E-state index < -0.39 is 0 Å². The summed E-state index contributed by atoms with van der Waals surface area (Å²) in [5.74, 6) is 1.72. The van der Waals surface area contributed by atoms with Gasteiger partial charge in [-0.15, -0.1) is 0 Å². The van der Waals surface area contributed by atoms with Crippen LogP contribution in [-0.2, 0) is 0 Å². The van der Waals surface area contributed by atoms with Crippen molar-refractivity contribution in [3.05, 3.63) is 54.1 Å². The van der Waals surface area contributed by atoms with Gasteiger partial charge in [0.05, 0.1) is 12.0 Å². The Hall–Kier alpha value is -2.29. The zero-order valence-corrected chi connectivity index (χ0v) is 10.3. The van der Waals surface area contributed by atoms with E-state index in [1.54, 1.807) is 6.26 Å². The molecule has 2 heterocycles. The first-order chi connectivity index (χ1) is 8.75. The molecule has 3 nitrogen and oxygen atoms in total. The van der Waals surface area contributed by atoms with Gasteiger partial charge in [0.1, 0.15) is 11.5 Å². The van der Waals surface area contributed by atoms with E-state index in [4.69, 9.17) is 8.94 Å². The van der Waals surface area contributed by atoms with Crippen molar-refractivity contribution in [1.29, 1.82) is 0 Å². The van der Waals surface area contributed by atoms with E-state index in [1.807, 2.05) is 38.1 Å². The van der Waals surface area contributed by atoms with E-state index in [1.165, 1.54) is 0 Å². The van der Waals surface area contributed by atoms with E-state index in [2.05, 4.69) is 17.3 Å². The molecule has 0 aliphatic rings. The highest BCUT2D eigenvalue weighted by molar-refractivity contribution is 5.70. The van der Waals surface area contributed by atoms with E-state index in [0.717, 1.165) is 33.9 Å². The molecule has 3 heteroatoms. The summed E-state index contributed by atoms with van der Waals surface area (Å²) in [6.07, 6.45) is 1.68. The van der Waals surface area contributed by atoms with Gasteiger partial charge in [0.15, 0.2) is 0 Å². The average Bonchev–Trinajstić information content (AvgIpc) is 3.01. The second-order valence-electron chi connectivity index (χ2n) is 4.25. The Balaban J connectivity index is 2.02. The monoisotopic (exact) mass is 239 g/mol. The predicted octanol–water partition coefficient (Wildman–Crippen LogP) is 4.22. The second-order valence-corrected chi connectivity index (χ2v) is 4.25. The Kier molecular flexibility index (Phi) is 2.52. The van der Waals surface area contributed by atoms with Crippen LogP contribution in [0.5, 0.6) is 0 Å². The standard InChI is InChI=1S/C15H13NO2/c1-10-15(11(2)18-16-10)13-7-5-12(6-8-13)14-4-3-9-17-14/h3-9H,1-2H3. The lowest BCUT2D eigenvalue weighted by Crippen LogP contribution is -1.82. The third-order valence-electron chi connectivity index (χ3n) is 3.01. The van der Waals surface area contributed by atoms with Gasteiger partial charge in [-0.3, -0.25) is 0 Å². The summed E-state index contributed by atoms with van der Waals surface area (Å²) in [5, 5.41) is 3.97. The van der Waals surface area contributed by atoms with E-state index in [0.29, 0.717) is 0 Å². The van der Waals surface area contributed by atoms with Crippen LogP contribution in [-0.4, -0.2) is 5.16 Å². The van der Waals surface area contributed by atoms with Crippen LogP contribution in [0.4, 0.5) is 0 Å². The summed E-state index contributed by atoms with van der Waals surface area (Å²) in [4.78, 5) is 0. The summed E-state index contributed by atoms with van der Waals surface area (Å²) in [6, 6.07) is 12.0. The van der Waals surface area contributed by atoms with Gasteiger partial charge >= 0.3 is 0 Å². The lowest BCUT2D eigenvalue weighted by Gasteiger charge is -2.02. The van der Waals surface area contributed by atoms with E-state index >= 15 is 0 Å². The molecule has 0 N–H and O–H groups in total. The largest absolute Gasteiger partial charge is 0.464 e. The molecule has 1 aromatic carbocycles. The van der Waals surface area contributed by atoms with Crippen molar-refractivity contribution in [2.24, 2.45) is 0 Å². The first-order valence-corrected chi connectivity index (χ1v) is 5.83. The number of nitrogens with zero attached hydrogens (tertiary/aromatic N) is 1. The maximum absolute atomic E-state index is 5.37. The zero-order chi connectivity index (χ0) is 12.5. The Morgan fingerprint density at radius 2 is 1.67 bits per heavy atom. The van der Waals surface area contributed by atoms with Crippen molar-refractivity contribution in [1.82, 2.24) is 5.16 Å². The number of hydrogen-bond acceptors (Lipinski definition) is 3. The van der Waals surface area contributed by atoms with Crippen molar-refractivity contribution < 1.29 is 8.94 Å². The molecule has 0 spiro atoms. The molecule has 0 atom stereocenters. The molecule has 90 valence electrons. The third-order valence-corrected chi connectivity index (χ3v) is 3.01. The lowest BCUT2D eigenvalue weighted by molar-refractivity contribution is 0.393. The van der Waals surface area contributed by atoms with Gasteiger partial charge in [-0.05, 0) is 31.5 Å². The normalized spacial score (nSPS) is 10.8. The van der Waals surface area contributed by atoms with Crippen LogP contribution < -0.4 is 0 Å². The van der Waals surface area contributed by atoms with Crippen LogP contribution in [0, 0.1) is 13.8 Å². The fourth-order valence-corrected chi connectivity index (χ4v) is 2.14. The minimum Gasteiger partial charge on any atom is -0.464 e. The quantitative estimate of drug-likeness (QED) is 0.672. The number of rotatable bonds is 2. The van der Waals surface area contributed by atoms with Gasteiger partial charge in [0.2, 0.25) is 0 Å². The number of hydrogen-bond donors (Lipinski definition) is 0. The molecule has 3 rings (SSSR count). The second kappa shape index (κ2) is 4.18. The minimum atomic E-state index is 0.846. The van der Waals surface area contributed by atoms with Crippen LogP contribution in [0.25, 0.3) is 22.5 Å². The molecule has 0 bridgehead atoms. The van der Waals surface area contributed by atoms with Gasteiger partial charge in [-0.2, -0.15) is 0 Å². The molecule has 0 radical (unpaired) electrons. The Morgan fingerprint density at radius 1 is 0.944 bits per heavy atom. The summed E-state index contributed by atoms with van der Waals surface area (Å²) in [7, 11) is 0. The molecule has 0 saturated carbocycles. The van der Waals surface area contributed by atoms with Crippen LogP contribution >= 0.6 is 0 Å². The van der Waals surface area contributed by atoms with E-state index in [-0.39, 0.29) is 0 Å². The summed E-state index contributed by atoms with van der Waals surface area (Å²) < 4.78 is 10.6. The van der Waals surface area contributed by atoms with Gasteiger partial charge in [-0.1, -0.05) is 29.4 Å². The summed E-state index contributed by atoms with van der Waals surface area (Å²) >= 11 is 0. The summed E-state index contributed by atoms with van der Waals surface area (Å²) in [5.41, 5.74) is 4.16. The highest BCUT2D eigenvalue weighted by Gasteiger charge is 2.11. The SMILES string of the molecule is Cc1noc(C)c1-c1ccc(-c2ccco2)cc1. The smallest absolute Gasteiger partial charge is 0.141 e. The molecule has 0 fully saturated rings. The molecule has 0 aliphatic heterocycles. The molecule has 0 amide bonds. The molecule has 0 aliphatic carbocycles. The van der Waals surface area contributed by atoms with Gasteiger partial charge in [0, 0.05) is 11.1 Å². The maximum Gasteiger partial charge on any atom is 0.141 e. The van der Waals surface area contributed by atoms with E-state index in [9.17, 15) is 0 Å². The molecule has 3 aromatic rings. The van der Waals surface area contributed by atoms with Crippen LogP contribution in [0.1, 0.15) is 11.5 Å². The predicted molar refractivity (Wildman–Crippen MR) is 69.1 cm³/mol. The fraction of sp³-hybridized carbons (Fsp3) is 0.133. The van der Waals surface area contributed by atoms with Crippen LogP contribution in [0.15, 0.2) is 51.6 Å². The minimum absolute atomic E-state index is 0.846. The third kappa shape index (κ3) is 1.74. The topological polar surface area (TPSA) is 39.2 Å². The highest BCUT2D eigenvalue weighted by atomic mass is 16.5. The highest BCUT2D eigenvalue weighted by Crippen LogP contribution is 2.29. The molecule has 0 unspecified atom stereocenters. The number of benzene rings is 1. The molecule has 2 aromatic heterocycles. The lowest BCUT2D eigenvalue weighted by atomic mass is 10.0. The van der Waals surface area contributed by atoms with Crippen LogP contribution in [0.3, 0.4) is 0 Å². The Labute approximate surface area is 105 Å². The number of aromatic nitrogens is 1. The number of aryl methyl sites for hydroxylation is 2. The molecular formula is C15H13NO2. The van der Waals surface area contributed by atoms with Gasteiger partial charge < -0.3 is 8.94 Å². The number of furan rings is 1. The van der Waals surface area contributed by atoms with Gasteiger partial charge in [0.25, 0.3) is 0 Å². The van der Waals surface area contributed by atoms with Crippen molar-refractivity contribution in [2.45, 2.75) is 13.8 Å². The molecule has 18 heavy (non-hydrogen) atoms. The van der Waals surface area contributed by atoms with Crippen molar-refractivity contribution in [2.75, 3.05) is 0 Å². The van der Waals surface area contributed by atoms with Crippen LogP contribution in [0.2, 0.25) is 0 Å². The average molecular weight is 239 g/mol. The molecule has 0 saturated heterocycles. The molecular weight excluding hydrogens is 226 g/mol. The summed E-state index contributed by atoms with van der Waals surface area (Å²) in [6.45, 7) is 3.88. The first kappa shape index (κ1) is 10.8. The van der Waals surface area contributed by atoms with Crippen molar-refractivity contribution in [3.63, 3.8) is 0 Å². The Morgan fingerprint density at radius 3 is 2.22 bits per heavy atom. The van der Waals surface area contributed by atoms with Crippen molar-refractivity contribution in [3.8, 4) is 22.5 Å². The fourth-order valence-electron chi connectivity index (χ4n) is 2.14. The van der Waals surface area contributed by atoms with Crippen molar-refractivity contribution >= 4 is 0 Å². The maximum atomic E-state index is 5.37. The zero-order valence-electron chi connectivity index (χ0n) is 10.3.